The SMILES string of the molecule is CCCCCCCCCCCC[C@@H](O)[C@H]1CC[C@H]([C@H](O)C[C@@H](O)CCCCCCCCCC(O)CCC2=C[C@H](C)OC2=O)O1. The molecule has 7 atom stereocenters. The first-order chi connectivity index (χ1) is 21.3. The van der Waals surface area contributed by atoms with E-state index >= 15 is 0 Å². The number of unbranched alkanes of at least 4 members (excludes halogenated alkanes) is 15. The Bertz CT molecular complexity index is 756. The Morgan fingerprint density at radius 2 is 1.14 bits per heavy atom. The Kier molecular flexibility index (Phi) is 21.6. The van der Waals surface area contributed by atoms with E-state index in [1.165, 1.54) is 57.8 Å². The molecule has 7 heteroatoms. The molecule has 0 amide bonds. The van der Waals surface area contributed by atoms with Crippen LogP contribution in [0.25, 0.3) is 0 Å². The molecule has 2 aliphatic rings. The molecule has 0 saturated carbocycles. The van der Waals surface area contributed by atoms with Gasteiger partial charge in [0.15, 0.2) is 0 Å². The van der Waals surface area contributed by atoms with Gasteiger partial charge in [-0.1, -0.05) is 116 Å². The quantitative estimate of drug-likeness (QED) is 0.0518. The van der Waals surface area contributed by atoms with Crippen molar-refractivity contribution in [1.82, 2.24) is 0 Å². The van der Waals surface area contributed by atoms with Crippen LogP contribution in [0.1, 0.15) is 174 Å². The van der Waals surface area contributed by atoms with Gasteiger partial charge in [-0.3, -0.25) is 0 Å². The number of carbonyl (C=O) groups is 1. The minimum absolute atomic E-state index is 0.145. The summed E-state index contributed by atoms with van der Waals surface area (Å²) >= 11 is 0. The number of aliphatic hydroxyl groups excluding tert-OH is 4. The first-order valence-electron chi connectivity index (χ1n) is 18.6. The molecule has 1 fully saturated rings. The second-order valence-electron chi connectivity index (χ2n) is 13.8. The van der Waals surface area contributed by atoms with Crippen molar-refractivity contribution in [3.63, 3.8) is 0 Å². The third-order valence-corrected chi connectivity index (χ3v) is 9.62. The van der Waals surface area contributed by atoms with Crippen molar-refractivity contribution in [1.29, 1.82) is 0 Å². The number of hydrogen-bond donors (Lipinski definition) is 4. The van der Waals surface area contributed by atoms with Gasteiger partial charge < -0.3 is 29.9 Å². The lowest BCUT2D eigenvalue weighted by molar-refractivity contribution is -0.139. The van der Waals surface area contributed by atoms with Gasteiger partial charge >= 0.3 is 5.97 Å². The second kappa shape index (κ2) is 24.2. The van der Waals surface area contributed by atoms with Crippen LogP contribution in [0.3, 0.4) is 0 Å². The molecule has 0 aromatic heterocycles. The molecule has 1 saturated heterocycles. The van der Waals surface area contributed by atoms with E-state index in [4.69, 9.17) is 9.47 Å². The van der Waals surface area contributed by atoms with Crippen LogP contribution in [0.15, 0.2) is 11.6 Å². The summed E-state index contributed by atoms with van der Waals surface area (Å²) in [6.07, 6.45) is 24.9. The average Bonchev–Trinajstić information content (AvgIpc) is 3.62. The highest BCUT2D eigenvalue weighted by Gasteiger charge is 2.35. The van der Waals surface area contributed by atoms with Crippen LogP contribution in [0.5, 0.6) is 0 Å². The zero-order valence-corrected chi connectivity index (χ0v) is 28.3. The number of aliphatic hydroxyl groups is 4. The fourth-order valence-electron chi connectivity index (χ4n) is 6.76. The molecular formula is C37H68O7. The van der Waals surface area contributed by atoms with Crippen molar-refractivity contribution in [3.05, 3.63) is 11.6 Å². The van der Waals surface area contributed by atoms with Gasteiger partial charge in [0.05, 0.1) is 36.6 Å². The maximum atomic E-state index is 11.6. The molecule has 1 unspecified atom stereocenters. The van der Waals surface area contributed by atoms with E-state index in [1.807, 2.05) is 13.0 Å². The molecule has 7 nitrogen and oxygen atoms in total. The highest BCUT2D eigenvalue weighted by atomic mass is 16.5. The number of esters is 1. The van der Waals surface area contributed by atoms with E-state index in [2.05, 4.69) is 6.92 Å². The Hall–Kier alpha value is -0.990. The molecule has 4 N–H and O–H groups in total. The van der Waals surface area contributed by atoms with Crippen LogP contribution >= 0.6 is 0 Å². The van der Waals surface area contributed by atoms with E-state index in [-0.39, 0.29) is 30.4 Å². The standard InChI is InChI=1S/C37H68O7/c1-3-4-5-6-7-8-9-13-16-19-22-33(40)35-25-26-36(44-35)34(41)28-32(39)21-18-15-12-10-11-14-17-20-31(38)24-23-30-27-29(2)43-37(30)42/h27,29,31-36,38-41H,3-26,28H2,1-2H3/t29-,31?,32-,33+,34+,35+,36+/m0/s1. The molecule has 258 valence electrons. The Morgan fingerprint density at radius 1 is 0.659 bits per heavy atom. The van der Waals surface area contributed by atoms with E-state index in [0.717, 1.165) is 77.0 Å². The number of cyclic esters (lactones) is 1. The van der Waals surface area contributed by atoms with Gasteiger partial charge in [0, 0.05) is 12.0 Å². The van der Waals surface area contributed by atoms with E-state index in [1.54, 1.807) is 0 Å². The Morgan fingerprint density at radius 3 is 1.66 bits per heavy atom. The van der Waals surface area contributed by atoms with E-state index in [9.17, 15) is 25.2 Å². The summed E-state index contributed by atoms with van der Waals surface area (Å²) in [6, 6.07) is 0. The molecular weight excluding hydrogens is 556 g/mol. The van der Waals surface area contributed by atoms with Crippen molar-refractivity contribution in [2.45, 2.75) is 217 Å². The highest BCUT2D eigenvalue weighted by Crippen LogP contribution is 2.29. The molecule has 0 radical (unpaired) electrons. The zero-order chi connectivity index (χ0) is 32.0. The lowest BCUT2D eigenvalue weighted by Gasteiger charge is -2.23. The molecule has 0 spiro atoms. The summed E-state index contributed by atoms with van der Waals surface area (Å²) < 4.78 is 11.1. The molecule has 2 heterocycles. The minimum atomic E-state index is -0.679. The number of ether oxygens (including phenoxy) is 2. The van der Waals surface area contributed by atoms with Crippen molar-refractivity contribution in [2.24, 2.45) is 0 Å². The van der Waals surface area contributed by atoms with Gasteiger partial charge in [-0.2, -0.15) is 0 Å². The highest BCUT2D eigenvalue weighted by molar-refractivity contribution is 5.90. The zero-order valence-electron chi connectivity index (χ0n) is 28.3. The monoisotopic (exact) mass is 624 g/mol. The predicted molar refractivity (Wildman–Crippen MR) is 177 cm³/mol. The summed E-state index contributed by atoms with van der Waals surface area (Å²) in [7, 11) is 0. The third-order valence-electron chi connectivity index (χ3n) is 9.62. The lowest BCUT2D eigenvalue weighted by atomic mass is 9.98. The smallest absolute Gasteiger partial charge is 0.334 e. The molecule has 0 aromatic rings. The first kappa shape index (κ1) is 39.2. The maximum Gasteiger partial charge on any atom is 0.334 e. The summed E-state index contributed by atoms with van der Waals surface area (Å²) in [4.78, 5) is 11.6. The minimum Gasteiger partial charge on any atom is -0.455 e. The topological polar surface area (TPSA) is 116 Å². The molecule has 44 heavy (non-hydrogen) atoms. The van der Waals surface area contributed by atoms with Gasteiger partial charge in [0.25, 0.3) is 0 Å². The fraction of sp³-hybridized carbons (Fsp3) is 0.919. The van der Waals surface area contributed by atoms with Crippen LogP contribution < -0.4 is 0 Å². The van der Waals surface area contributed by atoms with Gasteiger partial charge in [-0.25, -0.2) is 4.79 Å². The van der Waals surface area contributed by atoms with Crippen LogP contribution in [-0.4, -0.2) is 69.1 Å². The second-order valence-corrected chi connectivity index (χ2v) is 13.8. The van der Waals surface area contributed by atoms with Crippen LogP contribution in [-0.2, 0) is 14.3 Å². The molecule has 0 aliphatic carbocycles. The normalized spacial score (nSPS) is 23.0. The summed E-state index contributed by atoms with van der Waals surface area (Å²) in [5.74, 6) is -0.240. The number of rotatable bonds is 28. The van der Waals surface area contributed by atoms with Crippen molar-refractivity contribution in [2.75, 3.05) is 0 Å². The van der Waals surface area contributed by atoms with Gasteiger partial charge in [0.2, 0.25) is 0 Å². The first-order valence-corrected chi connectivity index (χ1v) is 18.6. The number of carbonyl (C=O) groups excluding carboxylic acids is 1. The van der Waals surface area contributed by atoms with Crippen molar-refractivity contribution >= 4 is 5.97 Å². The van der Waals surface area contributed by atoms with Crippen LogP contribution in [0, 0.1) is 0 Å². The molecule has 0 bridgehead atoms. The fourth-order valence-corrected chi connectivity index (χ4v) is 6.76. The maximum absolute atomic E-state index is 11.6. The van der Waals surface area contributed by atoms with Gasteiger partial charge in [-0.15, -0.1) is 0 Å². The Labute approximate surface area is 269 Å². The van der Waals surface area contributed by atoms with Gasteiger partial charge in [-0.05, 0) is 57.9 Å². The Balaban J connectivity index is 1.39. The average molecular weight is 625 g/mol. The van der Waals surface area contributed by atoms with E-state index < -0.39 is 18.3 Å². The molecule has 2 aliphatic heterocycles. The summed E-state index contributed by atoms with van der Waals surface area (Å²) in [5.41, 5.74) is 0.696. The molecule has 2 rings (SSSR count). The van der Waals surface area contributed by atoms with E-state index in [0.29, 0.717) is 31.3 Å². The number of hydrogen-bond acceptors (Lipinski definition) is 7. The van der Waals surface area contributed by atoms with Crippen molar-refractivity contribution in [3.8, 4) is 0 Å². The lowest BCUT2D eigenvalue weighted by Crippen LogP contribution is -2.33. The molecule has 0 aromatic carbocycles. The van der Waals surface area contributed by atoms with Gasteiger partial charge in [0.1, 0.15) is 6.10 Å². The predicted octanol–water partition coefficient (Wildman–Crippen LogP) is 7.84. The summed E-state index contributed by atoms with van der Waals surface area (Å²) in [5, 5.41) is 41.9. The summed E-state index contributed by atoms with van der Waals surface area (Å²) in [6.45, 7) is 4.10. The van der Waals surface area contributed by atoms with Crippen LogP contribution in [0.2, 0.25) is 0 Å². The third kappa shape index (κ3) is 17.6. The van der Waals surface area contributed by atoms with Crippen LogP contribution in [0.4, 0.5) is 0 Å². The largest absolute Gasteiger partial charge is 0.455 e. The van der Waals surface area contributed by atoms with Crippen molar-refractivity contribution < 1.29 is 34.7 Å².